The standard InChI is InChI=1S/C19H26N2O.ClH/c1-13(2)10-18(12-20)21-19(22)14(3)16-9-8-15-6-4-5-7-17(15)11-16;/h4-9,11,13-14,18H,10,12,20H2,1-3H3,(H,21,22);1H. The monoisotopic (exact) mass is 334 g/mol. The van der Waals surface area contributed by atoms with Crippen molar-refractivity contribution < 1.29 is 4.79 Å². The van der Waals surface area contributed by atoms with Crippen molar-refractivity contribution in [2.24, 2.45) is 11.7 Å². The van der Waals surface area contributed by atoms with Crippen molar-refractivity contribution in [3.8, 4) is 0 Å². The summed E-state index contributed by atoms with van der Waals surface area (Å²) in [4.78, 5) is 12.5. The number of amides is 1. The van der Waals surface area contributed by atoms with E-state index in [2.05, 4.69) is 43.4 Å². The molecule has 3 N–H and O–H groups in total. The molecular formula is C19H27ClN2O. The van der Waals surface area contributed by atoms with Crippen molar-refractivity contribution in [1.29, 1.82) is 0 Å². The molecule has 2 rings (SSSR count). The van der Waals surface area contributed by atoms with Gasteiger partial charge in [-0.25, -0.2) is 0 Å². The number of halogens is 1. The van der Waals surface area contributed by atoms with Gasteiger partial charge >= 0.3 is 0 Å². The van der Waals surface area contributed by atoms with Crippen LogP contribution in [0.4, 0.5) is 0 Å². The summed E-state index contributed by atoms with van der Waals surface area (Å²) in [6.45, 7) is 6.71. The molecule has 0 saturated heterocycles. The minimum atomic E-state index is -0.175. The molecule has 0 aliphatic rings. The highest BCUT2D eigenvalue weighted by Crippen LogP contribution is 2.22. The zero-order chi connectivity index (χ0) is 16.1. The van der Waals surface area contributed by atoms with E-state index in [1.807, 2.05) is 25.1 Å². The second kappa shape index (κ2) is 8.90. The number of carbonyl (C=O) groups is 1. The Hall–Kier alpha value is -1.58. The molecular weight excluding hydrogens is 308 g/mol. The first-order valence-electron chi connectivity index (χ1n) is 8.00. The van der Waals surface area contributed by atoms with E-state index in [1.165, 1.54) is 5.39 Å². The molecule has 0 fully saturated rings. The molecule has 2 aromatic rings. The van der Waals surface area contributed by atoms with Gasteiger partial charge in [0.05, 0.1) is 5.92 Å². The highest BCUT2D eigenvalue weighted by Gasteiger charge is 2.19. The van der Waals surface area contributed by atoms with Crippen molar-refractivity contribution >= 4 is 29.1 Å². The lowest BCUT2D eigenvalue weighted by molar-refractivity contribution is -0.122. The van der Waals surface area contributed by atoms with Crippen LogP contribution in [0, 0.1) is 5.92 Å². The molecule has 0 aromatic heterocycles. The molecule has 0 spiro atoms. The average Bonchev–Trinajstić information content (AvgIpc) is 2.52. The van der Waals surface area contributed by atoms with Crippen LogP contribution < -0.4 is 11.1 Å². The maximum absolute atomic E-state index is 12.5. The van der Waals surface area contributed by atoms with Gasteiger partial charge in [-0.2, -0.15) is 0 Å². The normalized spacial score (nSPS) is 13.4. The molecule has 23 heavy (non-hydrogen) atoms. The maximum Gasteiger partial charge on any atom is 0.227 e. The Labute approximate surface area is 145 Å². The summed E-state index contributed by atoms with van der Waals surface area (Å²) >= 11 is 0. The summed E-state index contributed by atoms with van der Waals surface area (Å²) < 4.78 is 0. The van der Waals surface area contributed by atoms with E-state index < -0.39 is 0 Å². The van der Waals surface area contributed by atoms with Crippen molar-refractivity contribution in [2.75, 3.05) is 6.54 Å². The van der Waals surface area contributed by atoms with Crippen molar-refractivity contribution in [2.45, 2.75) is 39.2 Å². The SMILES string of the molecule is CC(C)CC(CN)NC(=O)C(C)c1ccc2ccccc2c1.Cl. The third-order valence-electron chi connectivity index (χ3n) is 4.05. The van der Waals surface area contributed by atoms with E-state index in [0.717, 1.165) is 17.4 Å². The van der Waals surface area contributed by atoms with Gasteiger partial charge in [-0.05, 0) is 35.6 Å². The van der Waals surface area contributed by atoms with Gasteiger partial charge in [-0.3, -0.25) is 4.79 Å². The molecule has 0 heterocycles. The summed E-state index contributed by atoms with van der Waals surface area (Å²) in [6.07, 6.45) is 0.909. The molecule has 0 saturated carbocycles. The number of rotatable bonds is 6. The van der Waals surface area contributed by atoms with E-state index in [9.17, 15) is 4.79 Å². The zero-order valence-electron chi connectivity index (χ0n) is 14.1. The fourth-order valence-electron chi connectivity index (χ4n) is 2.74. The Morgan fingerprint density at radius 2 is 1.74 bits per heavy atom. The average molecular weight is 335 g/mol. The highest BCUT2D eigenvalue weighted by atomic mass is 35.5. The third-order valence-corrected chi connectivity index (χ3v) is 4.05. The minimum Gasteiger partial charge on any atom is -0.352 e. The highest BCUT2D eigenvalue weighted by molar-refractivity contribution is 5.87. The topological polar surface area (TPSA) is 55.1 Å². The first-order chi connectivity index (χ1) is 10.5. The second-order valence-corrected chi connectivity index (χ2v) is 6.40. The largest absolute Gasteiger partial charge is 0.352 e. The molecule has 2 atom stereocenters. The number of hydrogen-bond acceptors (Lipinski definition) is 2. The van der Waals surface area contributed by atoms with Gasteiger partial charge in [0, 0.05) is 12.6 Å². The van der Waals surface area contributed by atoms with Crippen LogP contribution in [0.25, 0.3) is 10.8 Å². The van der Waals surface area contributed by atoms with Crippen LogP contribution in [0.15, 0.2) is 42.5 Å². The molecule has 0 aliphatic heterocycles. The van der Waals surface area contributed by atoms with E-state index in [-0.39, 0.29) is 30.3 Å². The van der Waals surface area contributed by atoms with Crippen LogP contribution >= 0.6 is 12.4 Å². The zero-order valence-corrected chi connectivity index (χ0v) is 14.9. The van der Waals surface area contributed by atoms with E-state index >= 15 is 0 Å². The molecule has 0 aliphatic carbocycles. The lowest BCUT2D eigenvalue weighted by Gasteiger charge is -2.21. The summed E-state index contributed by atoms with van der Waals surface area (Å²) in [5.74, 6) is 0.391. The maximum atomic E-state index is 12.5. The lowest BCUT2D eigenvalue weighted by atomic mass is 9.96. The van der Waals surface area contributed by atoms with Gasteiger partial charge in [0.15, 0.2) is 0 Å². The van der Waals surface area contributed by atoms with Gasteiger partial charge in [-0.15, -0.1) is 12.4 Å². The molecule has 1 amide bonds. The first-order valence-corrected chi connectivity index (χ1v) is 8.00. The molecule has 0 radical (unpaired) electrons. The number of nitrogens with two attached hydrogens (primary N) is 1. The number of benzene rings is 2. The fraction of sp³-hybridized carbons (Fsp3) is 0.421. The number of carbonyl (C=O) groups excluding carboxylic acids is 1. The molecule has 2 aromatic carbocycles. The molecule has 126 valence electrons. The predicted molar refractivity (Wildman–Crippen MR) is 100 cm³/mol. The molecule has 2 unspecified atom stereocenters. The van der Waals surface area contributed by atoms with Gasteiger partial charge < -0.3 is 11.1 Å². The van der Waals surface area contributed by atoms with Crippen molar-refractivity contribution in [3.63, 3.8) is 0 Å². The Bertz CT molecular complexity index is 642. The molecule has 4 heteroatoms. The van der Waals surface area contributed by atoms with Crippen LogP contribution in [0.3, 0.4) is 0 Å². The predicted octanol–water partition coefficient (Wildman–Crippen LogP) is 3.85. The Kier molecular flexibility index (Phi) is 7.53. The third kappa shape index (κ3) is 5.22. The number of nitrogens with one attached hydrogen (secondary N) is 1. The Morgan fingerprint density at radius 1 is 1.09 bits per heavy atom. The van der Waals surface area contributed by atoms with Gasteiger partial charge in [0.2, 0.25) is 5.91 Å². The van der Waals surface area contributed by atoms with Gasteiger partial charge in [0.25, 0.3) is 0 Å². The van der Waals surface area contributed by atoms with Crippen LogP contribution in [0.5, 0.6) is 0 Å². The van der Waals surface area contributed by atoms with Crippen molar-refractivity contribution in [3.05, 3.63) is 48.0 Å². The van der Waals surface area contributed by atoms with E-state index in [0.29, 0.717) is 12.5 Å². The lowest BCUT2D eigenvalue weighted by Crippen LogP contribution is -2.42. The van der Waals surface area contributed by atoms with Crippen LogP contribution in [0.2, 0.25) is 0 Å². The van der Waals surface area contributed by atoms with Gasteiger partial charge in [-0.1, -0.05) is 56.3 Å². The second-order valence-electron chi connectivity index (χ2n) is 6.40. The number of fused-ring (bicyclic) bond motifs is 1. The van der Waals surface area contributed by atoms with Crippen LogP contribution in [-0.2, 0) is 4.79 Å². The minimum absolute atomic E-state index is 0. The summed E-state index contributed by atoms with van der Waals surface area (Å²) in [5, 5.41) is 5.44. The summed E-state index contributed by atoms with van der Waals surface area (Å²) in [6, 6.07) is 14.5. The molecule has 3 nitrogen and oxygen atoms in total. The van der Waals surface area contributed by atoms with E-state index in [4.69, 9.17) is 5.73 Å². The van der Waals surface area contributed by atoms with Crippen molar-refractivity contribution in [1.82, 2.24) is 5.32 Å². The first kappa shape index (κ1) is 19.5. The van der Waals surface area contributed by atoms with Crippen LogP contribution in [0.1, 0.15) is 38.7 Å². The van der Waals surface area contributed by atoms with Gasteiger partial charge in [0.1, 0.15) is 0 Å². The Balaban J connectivity index is 0.00000264. The fourth-order valence-corrected chi connectivity index (χ4v) is 2.74. The molecule has 0 bridgehead atoms. The summed E-state index contributed by atoms with van der Waals surface area (Å²) in [7, 11) is 0. The number of hydrogen-bond donors (Lipinski definition) is 2. The quantitative estimate of drug-likeness (QED) is 0.843. The van der Waals surface area contributed by atoms with Crippen LogP contribution in [-0.4, -0.2) is 18.5 Å². The van der Waals surface area contributed by atoms with E-state index in [1.54, 1.807) is 0 Å². The Morgan fingerprint density at radius 3 is 2.35 bits per heavy atom. The smallest absolute Gasteiger partial charge is 0.227 e. The summed E-state index contributed by atoms with van der Waals surface area (Å²) in [5.41, 5.74) is 6.81.